The van der Waals surface area contributed by atoms with E-state index in [4.69, 9.17) is 5.73 Å². The second-order valence-corrected chi connectivity index (χ2v) is 3.45. The number of anilines is 1. The van der Waals surface area contributed by atoms with Crippen LogP contribution < -0.4 is 11.1 Å². The van der Waals surface area contributed by atoms with Crippen LogP contribution in [0.5, 0.6) is 0 Å². The van der Waals surface area contributed by atoms with E-state index >= 15 is 0 Å². The number of amides is 1. The molecule has 1 aliphatic carbocycles. The average Bonchev–Trinajstić information content (AvgIpc) is 2.91. The van der Waals surface area contributed by atoms with Gasteiger partial charge in [-0.05, 0) is 24.0 Å². The number of aromatic nitrogens is 4. The van der Waals surface area contributed by atoms with Crippen molar-refractivity contribution < 1.29 is 4.79 Å². The normalized spacial score (nSPS) is 17.9. The Morgan fingerprint density at radius 2 is 2.43 bits per heavy atom. The third-order valence-electron chi connectivity index (χ3n) is 2.18. The van der Waals surface area contributed by atoms with Gasteiger partial charge in [0.25, 0.3) is 5.95 Å². The van der Waals surface area contributed by atoms with Crippen molar-refractivity contribution in [2.75, 3.05) is 5.32 Å². The van der Waals surface area contributed by atoms with Crippen LogP contribution >= 0.6 is 0 Å². The number of nitrogens with zero attached hydrogens (tertiary/aromatic N) is 4. The fraction of sp³-hybridized carbons (Fsp3) is 0.714. The minimum absolute atomic E-state index is 0.202. The Hall–Kier alpha value is -1.50. The molecule has 1 heterocycles. The van der Waals surface area contributed by atoms with Crippen LogP contribution in [0.1, 0.15) is 12.8 Å². The van der Waals surface area contributed by atoms with Gasteiger partial charge in [0.2, 0.25) is 5.91 Å². The van der Waals surface area contributed by atoms with Gasteiger partial charge in [0.1, 0.15) is 0 Å². The summed E-state index contributed by atoms with van der Waals surface area (Å²) < 4.78 is 0. The SMILES string of the molecule is Cn1nnc(NC(=O)C(N)C2CC2)n1. The number of aryl methyl sites for hydroxylation is 1. The van der Waals surface area contributed by atoms with Crippen molar-refractivity contribution in [1.29, 1.82) is 0 Å². The fourth-order valence-electron chi connectivity index (χ4n) is 1.20. The largest absolute Gasteiger partial charge is 0.320 e. The molecule has 1 unspecified atom stereocenters. The van der Waals surface area contributed by atoms with Crippen molar-refractivity contribution in [1.82, 2.24) is 20.2 Å². The van der Waals surface area contributed by atoms with Crippen molar-refractivity contribution in [3.63, 3.8) is 0 Å². The van der Waals surface area contributed by atoms with Crippen molar-refractivity contribution in [2.45, 2.75) is 18.9 Å². The van der Waals surface area contributed by atoms with Gasteiger partial charge in [-0.15, -0.1) is 5.10 Å². The summed E-state index contributed by atoms with van der Waals surface area (Å²) in [6.45, 7) is 0. The smallest absolute Gasteiger partial charge is 0.270 e. The third-order valence-corrected chi connectivity index (χ3v) is 2.18. The Morgan fingerprint density at radius 1 is 1.71 bits per heavy atom. The van der Waals surface area contributed by atoms with Gasteiger partial charge in [-0.2, -0.15) is 4.80 Å². The number of rotatable bonds is 3. The molecule has 0 aliphatic heterocycles. The minimum atomic E-state index is -0.446. The second kappa shape index (κ2) is 3.33. The van der Waals surface area contributed by atoms with Gasteiger partial charge in [-0.25, -0.2) is 0 Å². The Labute approximate surface area is 80.6 Å². The molecule has 1 saturated carbocycles. The van der Waals surface area contributed by atoms with Crippen LogP contribution in [0, 0.1) is 5.92 Å². The summed E-state index contributed by atoms with van der Waals surface area (Å²) in [5.41, 5.74) is 5.68. The average molecular weight is 196 g/mol. The van der Waals surface area contributed by atoms with E-state index in [1.54, 1.807) is 7.05 Å². The van der Waals surface area contributed by atoms with Crippen LogP contribution in [0.4, 0.5) is 5.95 Å². The lowest BCUT2D eigenvalue weighted by molar-refractivity contribution is -0.117. The summed E-state index contributed by atoms with van der Waals surface area (Å²) in [4.78, 5) is 12.7. The lowest BCUT2D eigenvalue weighted by Crippen LogP contribution is -2.37. The standard InChI is InChI=1S/C7H12N6O/c1-13-11-7(10-12-13)9-6(14)5(8)4-2-3-4/h4-5H,2-3,8H2,1H3,(H,9,11,14). The maximum Gasteiger partial charge on any atom is 0.270 e. The second-order valence-electron chi connectivity index (χ2n) is 3.45. The number of nitrogens with two attached hydrogens (primary N) is 1. The van der Waals surface area contributed by atoms with E-state index in [0.29, 0.717) is 5.92 Å². The highest BCUT2D eigenvalue weighted by molar-refractivity contribution is 5.93. The molecule has 1 aliphatic rings. The van der Waals surface area contributed by atoms with Gasteiger partial charge in [0.15, 0.2) is 0 Å². The van der Waals surface area contributed by atoms with E-state index in [9.17, 15) is 4.79 Å². The van der Waals surface area contributed by atoms with Gasteiger partial charge in [-0.3, -0.25) is 10.1 Å². The van der Waals surface area contributed by atoms with Crippen molar-refractivity contribution in [3.05, 3.63) is 0 Å². The summed E-state index contributed by atoms with van der Waals surface area (Å²) >= 11 is 0. The molecule has 76 valence electrons. The van der Waals surface area contributed by atoms with E-state index in [2.05, 4.69) is 20.7 Å². The van der Waals surface area contributed by atoms with Gasteiger partial charge < -0.3 is 5.73 Å². The van der Waals surface area contributed by atoms with E-state index in [-0.39, 0.29) is 11.9 Å². The molecule has 14 heavy (non-hydrogen) atoms. The highest BCUT2D eigenvalue weighted by atomic mass is 16.2. The summed E-state index contributed by atoms with van der Waals surface area (Å²) in [7, 11) is 1.63. The van der Waals surface area contributed by atoms with E-state index < -0.39 is 6.04 Å². The minimum Gasteiger partial charge on any atom is -0.320 e. The Morgan fingerprint density at radius 3 is 2.93 bits per heavy atom. The Kier molecular flexibility index (Phi) is 2.16. The first-order chi connectivity index (χ1) is 6.66. The highest BCUT2D eigenvalue weighted by Gasteiger charge is 2.33. The molecule has 1 atom stereocenters. The molecule has 0 radical (unpaired) electrons. The van der Waals surface area contributed by atoms with Gasteiger partial charge in [0.05, 0.1) is 13.1 Å². The van der Waals surface area contributed by atoms with Crippen LogP contribution in [0.25, 0.3) is 0 Å². The molecular weight excluding hydrogens is 184 g/mol. The molecule has 2 rings (SSSR count). The number of carbonyl (C=O) groups excluding carboxylic acids is 1. The molecule has 0 bridgehead atoms. The van der Waals surface area contributed by atoms with Crippen LogP contribution in [0.3, 0.4) is 0 Å². The number of nitrogens with one attached hydrogen (secondary N) is 1. The number of hydrogen-bond acceptors (Lipinski definition) is 5. The summed E-state index contributed by atoms with van der Waals surface area (Å²) in [6, 6.07) is -0.446. The van der Waals surface area contributed by atoms with Crippen LogP contribution in [-0.4, -0.2) is 32.2 Å². The molecule has 1 aromatic rings. The maximum absolute atomic E-state index is 11.5. The number of carbonyl (C=O) groups is 1. The number of hydrogen-bond donors (Lipinski definition) is 2. The van der Waals surface area contributed by atoms with Crippen LogP contribution in [0.2, 0.25) is 0 Å². The Balaban J connectivity index is 1.93. The van der Waals surface area contributed by atoms with E-state index in [1.807, 2.05) is 0 Å². The molecule has 0 aromatic carbocycles. The first kappa shape index (κ1) is 9.07. The van der Waals surface area contributed by atoms with Crippen molar-refractivity contribution in [2.24, 2.45) is 18.7 Å². The number of tetrazole rings is 1. The van der Waals surface area contributed by atoms with Crippen LogP contribution in [0.15, 0.2) is 0 Å². The quantitative estimate of drug-likeness (QED) is 0.638. The zero-order valence-corrected chi connectivity index (χ0v) is 7.84. The van der Waals surface area contributed by atoms with Gasteiger partial charge in [0, 0.05) is 0 Å². The topological polar surface area (TPSA) is 98.7 Å². The Bertz CT molecular complexity index is 344. The molecule has 7 heteroatoms. The molecule has 1 fully saturated rings. The lowest BCUT2D eigenvalue weighted by atomic mass is 10.2. The summed E-state index contributed by atoms with van der Waals surface area (Å²) in [6.07, 6.45) is 2.06. The molecule has 7 nitrogen and oxygen atoms in total. The predicted octanol–water partition coefficient (Wildman–Crippen LogP) is -1.11. The fourth-order valence-corrected chi connectivity index (χ4v) is 1.20. The summed E-state index contributed by atoms with van der Waals surface area (Å²) in [5.74, 6) is 0.292. The third kappa shape index (κ3) is 1.87. The molecule has 1 amide bonds. The van der Waals surface area contributed by atoms with Crippen LogP contribution in [-0.2, 0) is 11.8 Å². The molecule has 1 aromatic heterocycles. The molecular formula is C7H12N6O. The maximum atomic E-state index is 11.5. The molecule has 0 saturated heterocycles. The van der Waals surface area contributed by atoms with E-state index in [0.717, 1.165) is 12.8 Å². The monoisotopic (exact) mass is 196 g/mol. The first-order valence-corrected chi connectivity index (χ1v) is 4.47. The van der Waals surface area contributed by atoms with Crippen molar-refractivity contribution in [3.8, 4) is 0 Å². The van der Waals surface area contributed by atoms with Crippen molar-refractivity contribution >= 4 is 11.9 Å². The summed E-state index contributed by atoms with van der Waals surface area (Å²) in [5, 5.41) is 13.6. The predicted molar refractivity (Wildman–Crippen MR) is 48.1 cm³/mol. The van der Waals surface area contributed by atoms with Gasteiger partial charge >= 0.3 is 0 Å². The molecule has 0 spiro atoms. The molecule has 3 N–H and O–H groups in total. The van der Waals surface area contributed by atoms with Gasteiger partial charge in [-0.1, -0.05) is 5.10 Å². The lowest BCUT2D eigenvalue weighted by Gasteiger charge is -2.07. The zero-order valence-electron chi connectivity index (χ0n) is 7.84. The highest BCUT2D eigenvalue weighted by Crippen LogP contribution is 2.31. The van der Waals surface area contributed by atoms with E-state index in [1.165, 1.54) is 4.80 Å². The first-order valence-electron chi connectivity index (χ1n) is 4.47. The zero-order chi connectivity index (χ0) is 10.1.